The second-order valence-corrected chi connectivity index (χ2v) is 7.59. The predicted molar refractivity (Wildman–Crippen MR) is 126 cm³/mol. The first-order valence-electron chi connectivity index (χ1n) is 10.4. The number of rotatable bonds is 7. The molecular formula is C25H17N3O8. The highest BCUT2D eigenvalue weighted by molar-refractivity contribution is 6.39. The number of nitro benzene ring substituents is 1. The largest absolute Gasteiger partial charge is 0.489 e. The van der Waals surface area contributed by atoms with Crippen LogP contribution in [0.1, 0.15) is 21.5 Å². The summed E-state index contributed by atoms with van der Waals surface area (Å²) in [6, 6.07) is 16.5. The number of aromatic carboxylic acids is 1. The molecule has 0 aliphatic carbocycles. The number of carbonyl (C=O) groups is 4. The Morgan fingerprint density at radius 1 is 0.972 bits per heavy atom. The fraction of sp³-hybridized carbons (Fsp3) is 0.0400. The first-order valence-corrected chi connectivity index (χ1v) is 10.4. The highest BCUT2D eigenvalue weighted by Crippen LogP contribution is 2.25. The Morgan fingerprint density at radius 2 is 1.61 bits per heavy atom. The van der Waals surface area contributed by atoms with E-state index in [0.29, 0.717) is 11.3 Å². The standard InChI is InChI=1S/C25H17N3O8/c29-22-21(23(30)27(25(33)26-22)18-7-9-19(10-8-18)28(34)35)13-15-3-11-20(12-4-15)36-14-16-1-5-17(6-2-16)24(31)32/h1-13H,14H2,(H,31,32)(H,26,29,33)/b21-13+. The van der Waals surface area contributed by atoms with Crippen LogP contribution in [0.5, 0.6) is 5.75 Å². The van der Waals surface area contributed by atoms with Gasteiger partial charge in [-0.15, -0.1) is 0 Å². The normalized spacial score (nSPS) is 14.5. The van der Waals surface area contributed by atoms with Crippen molar-refractivity contribution >= 4 is 41.3 Å². The Bertz CT molecular complexity index is 1390. The van der Waals surface area contributed by atoms with Crippen molar-refractivity contribution in [2.45, 2.75) is 6.61 Å². The molecule has 1 aliphatic heterocycles. The van der Waals surface area contributed by atoms with Gasteiger partial charge in [-0.25, -0.2) is 14.5 Å². The van der Waals surface area contributed by atoms with Gasteiger partial charge < -0.3 is 9.84 Å². The number of benzene rings is 3. The second-order valence-electron chi connectivity index (χ2n) is 7.59. The number of imide groups is 2. The van der Waals surface area contributed by atoms with E-state index in [1.165, 1.54) is 30.3 Å². The summed E-state index contributed by atoms with van der Waals surface area (Å²) in [5.74, 6) is -2.25. The van der Waals surface area contributed by atoms with Gasteiger partial charge in [-0.1, -0.05) is 24.3 Å². The summed E-state index contributed by atoms with van der Waals surface area (Å²) in [5, 5.41) is 21.9. The van der Waals surface area contributed by atoms with Crippen molar-refractivity contribution in [3.63, 3.8) is 0 Å². The van der Waals surface area contributed by atoms with Crippen molar-refractivity contribution in [3.05, 3.63) is 105 Å². The SMILES string of the molecule is O=C1NC(=O)N(c2ccc([N+](=O)[O-])cc2)C(=O)/C1=C/c1ccc(OCc2ccc(C(=O)O)cc2)cc1. The first-order chi connectivity index (χ1) is 17.2. The van der Waals surface area contributed by atoms with E-state index in [9.17, 15) is 29.3 Å². The van der Waals surface area contributed by atoms with Crippen molar-refractivity contribution in [1.29, 1.82) is 0 Å². The molecule has 4 amide bonds. The molecule has 0 unspecified atom stereocenters. The maximum absolute atomic E-state index is 12.9. The highest BCUT2D eigenvalue weighted by atomic mass is 16.6. The number of carboxylic acids is 1. The number of hydrogen-bond donors (Lipinski definition) is 2. The maximum atomic E-state index is 12.9. The topological polar surface area (TPSA) is 156 Å². The number of barbiturate groups is 1. The third kappa shape index (κ3) is 5.09. The molecule has 0 aromatic heterocycles. The summed E-state index contributed by atoms with van der Waals surface area (Å²) in [6.07, 6.45) is 1.32. The Labute approximate surface area is 203 Å². The van der Waals surface area contributed by atoms with Crippen LogP contribution in [0.2, 0.25) is 0 Å². The third-order valence-corrected chi connectivity index (χ3v) is 5.22. The van der Waals surface area contributed by atoms with Crippen LogP contribution in [0.3, 0.4) is 0 Å². The smallest absolute Gasteiger partial charge is 0.335 e. The van der Waals surface area contributed by atoms with E-state index in [1.807, 2.05) is 0 Å². The lowest BCUT2D eigenvalue weighted by atomic mass is 10.1. The summed E-state index contributed by atoms with van der Waals surface area (Å²) in [6.45, 7) is 0.202. The molecule has 0 spiro atoms. The van der Waals surface area contributed by atoms with E-state index < -0.39 is 28.7 Å². The van der Waals surface area contributed by atoms with E-state index in [4.69, 9.17) is 9.84 Å². The number of nitro groups is 1. The third-order valence-electron chi connectivity index (χ3n) is 5.22. The lowest BCUT2D eigenvalue weighted by Gasteiger charge is -2.26. The number of amides is 4. The Kier molecular flexibility index (Phi) is 6.55. The van der Waals surface area contributed by atoms with E-state index in [-0.39, 0.29) is 29.1 Å². The summed E-state index contributed by atoms with van der Waals surface area (Å²) in [4.78, 5) is 59.4. The number of anilines is 1. The van der Waals surface area contributed by atoms with Crippen molar-refractivity contribution < 1.29 is 33.9 Å². The van der Waals surface area contributed by atoms with Crippen LogP contribution in [0.15, 0.2) is 78.4 Å². The second kappa shape index (κ2) is 9.89. The lowest BCUT2D eigenvalue weighted by molar-refractivity contribution is -0.384. The summed E-state index contributed by atoms with van der Waals surface area (Å²) in [5.41, 5.74) is 0.999. The molecule has 11 nitrogen and oxygen atoms in total. The molecule has 1 aliphatic rings. The van der Waals surface area contributed by atoms with Crippen LogP contribution < -0.4 is 15.0 Å². The number of ether oxygens (including phenoxy) is 1. The average Bonchev–Trinajstić information content (AvgIpc) is 2.86. The zero-order valence-electron chi connectivity index (χ0n) is 18.4. The molecule has 0 atom stereocenters. The molecule has 0 bridgehead atoms. The van der Waals surface area contributed by atoms with Gasteiger partial charge in [0.2, 0.25) is 0 Å². The van der Waals surface area contributed by atoms with Crippen molar-refractivity contribution in [1.82, 2.24) is 5.32 Å². The zero-order chi connectivity index (χ0) is 25.8. The molecule has 1 fully saturated rings. The summed E-state index contributed by atoms with van der Waals surface area (Å²) < 4.78 is 5.68. The van der Waals surface area contributed by atoms with Crippen LogP contribution in [-0.4, -0.2) is 33.8 Å². The molecule has 2 N–H and O–H groups in total. The van der Waals surface area contributed by atoms with Gasteiger partial charge in [-0.3, -0.25) is 25.0 Å². The number of non-ortho nitro benzene ring substituents is 1. The maximum Gasteiger partial charge on any atom is 0.335 e. The van der Waals surface area contributed by atoms with Crippen molar-refractivity contribution in [2.24, 2.45) is 0 Å². The number of carboxylic acid groups (broad SMARTS) is 1. The minimum absolute atomic E-state index is 0.0710. The fourth-order valence-corrected chi connectivity index (χ4v) is 3.35. The van der Waals surface area contributed by atoms with Crippen LogP contribution in [-0.2, 0) is 16.2 Å². The van der Waals surface area contributed by atoms with Gasteiger partial charge in [0, 0.05) is 12.1 Å². The van der Waals surface area contributed by atoms with Gasteiger partial charge in [-0.05, 0) is 53.6 Å². The molecule has 180 valence electrons. The predicted octanol–water partition coefficient (Wildman–Crippen LogP) is 3.54. The van der Waals surface area contributed by atoms with E-state index in [1.54, 1.807) is 36.4 Å². The van der Waals surface area contributed by atoms with Crippen LogP contribution in [0, 0.1) is 10.1 Å². The number of carbonyl (C=O) groups excluding carboxylic acids is 3. The number of urea groups is 1. The number of nitrogens with one attached hydrogen (secondary N) is 1. The molecule has 1 saturated heterocycles. The lowest BCUT2D eigenvalue weighted by Crippen LogP contribution is -2.54. The molecular weight excluding hydrogens is 470 g/mol. The Balaban J connectivity index is 1.48. The van der Waals surface area contributed by atoms with Crippen molar-refractivity contribution in [2.75, 3.05) is 4.90 Å². The monoisotopic (exact) mass is 487 g/mol. The van der Waals surface area contributed by atoms with E-state index >= 15 is 0 Å². The molecule has 0 radical (unpaired) electrons. The Morgan fingerprint density at radius 3 is 2.19 bits per heavy atom. The van der Waals surface area contributed by atoms with Gasteiger partial charge in [0.1, 0.15) is 17.9 Å². The molecule has 36 heavy (non-hydrogen) atoms. The van der Waals surface area contributed by atoms with Gasteiger partial charge in [0.25, 0.3) is 17.5 Å². The molecule has 3 aromatic carbocycles. The van der Waals surface area contributed by atoms with Gasteiger partial charge in [0.15, 0.2) is 0 Å². The quantitative estimate of drug-likeness (QED) is 0.222. The minimum Gasteiger partial charge on any atom is -0.489 e. The van der Waals surface area contributed by atoms with Gasteiger partial charge in [-0.2, -0.15) is 0 Å². The number of nitrogens with zero attached hydrogens (tertiary/aromatic N) is 2. The minimum atomic E-state index is -1.02. The van der Waals surface area contributed by atoms with E-state index in [0.717, 1.165) is 22.6 Å². The Hall–Kier alpha value is -5.32. The average molecular weight is 487 g/mol. The van der Waals surface area contributed by atoms with Crippen LogP contribution >= 0.6 is 0 Å². The first kappa shape index (κ1) is 23.8. The molecule has 1 heterocycles. The highest BCUT2D eigenvalue weighted by Gasteiger charge is 2.36. The summed E-state index contributed by atoms with van der Waals surface area (Å²) >= 11 is 0. The molecule has 0 saturated carbocycles. The number of hydrogen-bond acceptors (Lipinski definition) is 7. The van der Waals surface area contributed by atoms with Crippen LogP contribution in [0.25, 0.3) is 6.08 Å². The van der Waals surface area contributed by atoms with Crippen LogP contribution in [0.4, 0.5) is 16.2 Å². The van der Waals surface area contributed by atoms with Crippen molar-refractivity contribution in [3.8, 4) is 5.75 Å². The van der Waals surface area contributed by atoms with Gasteiger partial charge in [0.05, 0.1) is 16.2 Å². The van der Waals surface area contributed by atoms with E-state index in [2.05, 4.69) is 5.32 Å². The van der Waals surface area contributed by atoms with Gasteiger partial charge >= 0.3 is 12.0 Å². The zero-order valence-corrected chi connectivity index (χ0v) is 18.4. The molecule has 11 heteroatoms. The summed E-state index contributed by atoms with van der Waals surface area (Å²) in [7, 11) is 0. The molecule has 4 rings (SSSR count). The molecule has 3 aromatic rings. The fourth-order valence-electron chi connectivity index (χ4n) is 3.35.